The number of benzene rings is 10. The minimum absolute atomic E-state index is 0.851. The van der Waals surface area contributed by atoms with Crippen LogP contribution >= 0.6 is 0 Å². The van der Waals surface area contributed by atoms with E-state index in [0.717, 1.165) is 113 Å². The highest BCUT2D eigenvalue weighted by molar-refractivity contribution is 5.95. The Labute approximate surface area is 373 Å². The summed E-state index contributed by atoms with van der Waals surface area (Å²) in [6.45, 7) is 0. The number of fused-ring (bicyclic) bond motifs is 10. The number of anilines is 6. The molecule has 0 saturated carbocycles. The Morgan fingerprint density at radius 1 is 0.203 bits per heavy atom. The van der Waals surface area contributed by atoms with Gasteiger partial charge in [0.15, 0.2) is 0 Å². The summed E-state index contributed by atoms with van der Waals surface area (Å²) in [6.07, 6.45) is 0. The fraction of sp³-hybridized carbons (Fsp3) is 0. The lowest BCUT2D eigenvalue weighted by molar-refractivity contribution is 0.487. The van der Waals surface area contributed by atoms with Gasteiger partial charge in [0.05, 0.1) is 0 Å². The molecule has 10 aromatic carbocycles. The Balaban J connectivity index is 0.901. The van der Waals surface area contributed by atoms with Crippen LogP contribution in [0.4, 0.5) is 34.1 Å². The molecule has 302 valence electrons. The number of ether oxygens (including phenoxy) is 2. The molecule has 4 heteroatoms. The molecule has 0 radical (unpaired) electrons. The highest BCUT2D eigenvalue weighted by Crippen LogP contribution is 2.51. The van der Waals surface area contributed by atoms with Crippen LogP contribution in [-0.2, 0) is 0 Å². The average molecular weight is 821 g/mol. The summed E-state index contributed by atoms with van der Waals surface area (Å²) in [5.74, 6) is 3.42. The minimum atomic E-state index is 0.851. The second-order valence-electron chi connectivity index (χ2n) is 16.1. The van der Waals surface area contributed by atoms with Crippen LogP contribution in [-0.4, -0.2) is 0 Å². The first-order chi connectivity index (χ1) is 31.7. The van der Waals surface area contributed by atoms with Crippen molar-refractivity contribution < 1.29 is 9.47 Å². The Kier molecular flexibility index (Phi) is 9.12. The summed E-state index contributed by atoms with van der Waals surface area (Å²) in [4.78, 5) is 4.66. The SMILES string of the molecule is c1ccc(N(c2ccc(-c3ccc(N(c4ccccc4)c4ccc5c(c4)-c4ccccc4Oc4ccccc4-5)cc3)cc2)c2ccc3c(c2)-c2ccccc2Oc2ccccc2-3)cc1. The zero-order chi connectivity index (χ0) is 42.4. The van der Waals surface area contributed by atoms with Gasteiger partial charge in [-0.25, -0.2) is 0 Å². The second-order valence-corrected chi connectivity index (χ2v) is 16.1. The van der Waals surface area contributed by atoms with Crippen molar-refractivity contribution >= 4 is 34.1 Å². The molecular formula is C60H40N2O2. The van der Waals surface area contributed by atoms with E-state index in [-0.39, 0.29) is 0 Å². The van der Waals surface area contributed by atoms with E-state index in [1.807, 2.05) is 36.4 Å². The highest BCUT2D eigenvalue weighted by Gasteiger charge is 2.25. The Hall–Kier alpha value is -8.60. The third-order valence-electron chi connectivity index (χ3n) is 12.3. The Bertz CT molecular complexity index is 3100. The summed E-state index contributed by atoms with van der Waals surface area (Å²) >= 11 is 0. The predicted molar refractivity (Wildman–Crippen MR) is 263 cm³/mol. The largest absolute Gasteiger partial charge is 0.456 e. The maximum absolute atomic E-state index is 6.50. The first kappa shape index (κ1) is 37.2. The summed E-state index contributed by atoms with van der Waals surface area (Å²) in [7, 11) is 0. The zero-order valence-electron chi connectivity index (χ0n) is 34.8. The van der Waals surface area contributed by atoms with Crippen LogP contribution in [0.2, 0.25) is 0 Å². The van der Waals surface area contributed by atoms with Crippen LogP contribution in [0.15, 0.2) is 243 Å². The molecule has 0 N–H and O–H groups in total. The molecule has 0 amide bonds. The van der Waals surface area contributed by atoms with E-state index in [1.165, 1.54) is 0 Å². The summed E-state index contributed by atoms with van der Waals surface area (Å²) in [5, 5.41) is 0. The first-order valence-electron chi connectivity index (χ1n) is 21.7. The zero-order valence-corrected chi connectivity index (χ0v) is 34.8. The summed E-state index contributed by atoms with van der Waals surface area (Å²) < 4.78 is 13.0. The second kappa shape index (κ2) is 15.7. The van der Waals surface area contributed by atoms with E-state index < -0.39 is 0 Å². The number of rotatable bonds is 7. The molecule has 0 fully saturated rings. The van der Waals surface area contributed by atoms with E-state index in [0.29, 0.717) is 0 Å². The van der Waals surface area contributed by atoms with Gasteiger partial charge >= 0.3 is 0 Å². The number of hydrogen-bond acceptors (Lipinski definition) is 4. The van der Waals surface area contributed by atoms with Crippen LogP contribution in [0, 0.1) is 0 Å². The monoisotopic (exact) mass is 820 g/mol. The third kappa shape index (κ3) is 6.57. The van der Waals surface area contributed by atoms with Gasteiger partial charge in [-0.3, -0.25) is 0 Å². The highest BCUT2D eigenvalue weighted by atomic mass is 16.5. The Morgan fingerprint density at radius 3 is 0.844 bits per heavy atom. The maximum atomic E-state index is 6.50. The molecule has 64 heavy (non-hydrogen) atoms. The molecule has 2 heterocycles. The fourth-order valence-corrected chi connectivity index (χ4v) is 9.26. The van der Waals surface area contributed by atoms with E-state index >= 15 is 0 Å². The molecular weight excluding hydrogens is 781 g/mol. The molecule has 0 unspecified atom stereocenters. The average Bonchev–Trinajstić information content (AvgIpc) is 3.59. The molecule has 12 rings (SSSR count). The van der Waals surface area contributed by atoms with Crippen LogP contribution in [0.5, 0.6) is 23.0 Å². The first-order valence-corrected chi connectivity index (χ1v) is 21.7. The van der Waals surface area contributed by atoms with Crippen molar-refractivity contribution in [2.24, 2.45) is 0 Å². The van der Waals surface area contributed by atoms with Gasteiger partial charge < -0.3 is 19.3 Å². The summed E-state index contributed by atoms with van der Waals surface area (Å²) in [6, 6.07) is 85.7. The Morgan fingerprint density at radius 2 is 0.484 bits per heavy atom. The quantitative estimate of drug-likeness (QED) is 0.160. The lowest BCUT2D eigenvalue weighted by atomic mass is 9.93. The molecule has 2 aliphatic heterocycles. The maximum Gasteiger partial charge on any atom is 0.135 e. The van der Waals surface area contributed by atoms with Gasteiger partial charge in [-0.1, -0.05) is 146 Å². The molecule has 10 aromatic rings. The van der Waals surface area contributed by atoms with Crippen LogP contribution in [0.25, 0.3) is 55.6 Å². The van der Waals surface area contributed by atoms with E-state index in [9.17, 15) is 0 Å². The lowest BCUT2D eigenvalue weighted by Crippen LogP contribution is -2.10. The molecule has 2 aliphatic rings. The van der Waals surface area contributed by atoms with Crippen LogP contribution < -0.4 is 19.3 Å². The fourth-order valence-electron chi connectivity index (χ4n) is 9.26. The predicted octanol–water partition coefficient (Wildman–Crippen LogP) is 17.2. The van der Waals surface area contributed by atoms with E-state index in [2.05, 4.69) is 216 Å². The van der Waals surface area contributed by atoms with Gasteiger partial charge in [-0.05, 0) is 130 Å². The standard InChI is InChI=1S/C60H40N2O2/c1-3-15-43(16-4-1)61(47-35-37-49-51-19-7-11-23-57(51)63-59-25-13-9-21-53(59)55(49)39-47)45-31-27-41(28-32-45)42-29-33-46(34-30-42)62(44-17-5-2-6-18-44)48-36-38-50-52-20-8-12-24-58(52)64-60-26-14-10-22-54(60)56(50)40-48/h1-40H. The van der Waals surface area contributed by atoms with Gasteiger partial charge in [-0.2, -0.15) is 0 Å². The van der Waals surface area contributed by atoms with Gasteiger partial charge in [0, 0.05) is 56.4 Å². The molecule has 4 nitrogen and oxygen atoms in total. The van der Waals surface area contributed by atoms with Crippen LogP contribution in [0.3, 0.4) is 0 Å². The van der Waals surface area contributed by atoms with Gasteiger partial charge in [0.2, 0.25) is 0 Å². The van der Waals surface area contributed by atoms with Crippen molar-refractivity contribution in [2.75, 3.05) is 9.80 Å². The minimum Gasteiger partial charge on any atom is -0.456 e. The van der Waals surface area contributed by atoms with Crippen molar-refractivity contribution in [3.8, 4) is 78.6 Å². The van der Waals surface area contributed by atoms with Crippen LogP contribution in [0.1, 0.15) is 0 Å². The van der Waals surface area contributed by atoms with Crippen molar-refractivity contribution in [1.82, 2.24) is 0 Å². The lowest BCUT2D eigenvalue weighted by Gasteiger charge is -2.27. The summed E-state index contributed by atoms with van der Waals surface area (Å²) in [5.41, 5.74) is 17.6. The van der Waals surface area contributed by atoms with E-state index in [1.54, 1.807) is 0 Å². The number of hydrogen-bond donors (Lipinski definition) is 0. The molecule has 0 spiro atoms. The normalized spacial score (nSPS) is 11.7. The molecule has 0 bridgehead atoms. The smallest absolute Gasteiger partial charge is 0.135 e. The van der Waals surface area contributed by atoms with Crippen molar-refractivity contribution in [3.05, 3.63) is 243 Å². The topological polar surface area (TPSA) is 24.9 Å². The van der Waals surface area contributed by atoms with Gasteiger partial charge in [-0.15, -0.1) is 0 Å². The van der Waals surface area contributed by atoms with Gasteiger partial charge in [0.1, 0.15) is 23.0 Å². The molecule has 0 saturated heterocycles. The third-order valence-corrected chi connectivity index (χ3v) is 12.3. The molecule has 0 aliphatic carbocycles. The number of para-hydroxylation sites is 6. The van der Waals surface area contributed by atoms with Crippen molar-refractivity contribution in [2.45, 2.75) is 0 Å². The van der Waals surface area contributed by atoms with Gasteiger partial charge in [0.25, 0.3) is 0 Å². The number of nitrogens with zero attached hydrogens (tertiary/aromatic N) is 2. The van der Waals surface area contributed by atoms with E-state index in [4.69, 9.17) is 9.47 Å². The van der Waals surface area contributed by atoms with Crippen molar-refractivity contribution in [3.63, 3.8) is 0 Å². The van der Waals surface area contributed by atoms with Crippen molar-refractivity contribution in [1.29, 1.82) is 0 Å². The molecule has 0 atom stereocenters. The molecule has 0 aromatic heterocycles.